The molecule has 5 rings (SSSR count). The van der Waals surface area contributed by atoms with Crippen LogP contribution < -0.4 is 5.56 Å². The van der Waals surface area contributed by atoms with Gasteiger partial charge in [-0.05, 0) is 62.4 Å². The molecule has 4 aromatic rings. The van der Waals surface area contributed by atoms with E-state index in [0.29, 0.717) is 37.1 Å². The fourth-order valence-corrected chi connectivity index (χ4v) is 4.89. The van der Waals surface area contributed by atoms with E-state index in [-0.39, 0.29) is 17.6 Å². The highest BCUT2D eigenvalue weighted by molar-refractivity contribution is 5.79. The normalized spacial score (nSPS) is 15.1. The number of hydrogen-bond acceptors (Lipinski definition) is 4. The highest BCUT2D eigenvalue weighted by Crippen LogP contribution is 2.33. The molecule has 2 aromatic carbocycles. The lowest BCUT2D eigenvalue weighted by molar-refractivity contribution is -0.137. The maximum absolute atomic E-state index is 12.9. The summed E-state index contributed by atoms with van der Waals surface area (Å²) >= 11 is 0. The van der Waals surface area contributed by atoms with Gasteiger partial charge < -0.3 is 14.6 Å². The van der Waals surface area contributed by atoms with Crippen molar-refractivity contribution in [3.05, 3.63) is 82.4 Å². The number of likely N-dealkylation sites (tertiary alicyclic amines) is 1. The topological polar surface area (TPSA) is 79.7 Å². The summed E-state index contributed by atoms with van der Waals surface area (Å²) in [5.74, 6) is 0.0447. The molecule has 0 aliphatic carbocycles. The second kappa shape index (κ2) is 9.91. The Bertz CT molecular complexity index is 1540. The average Bonchev–Trinajstić information content (AvgIpc) is 3.31. The Morgan fingerprint density at radius 3 is 2.08 bits per heavy atom. The first-order valence-corrected chi connectivity index (χ1v) is 12.8. The Morgan fingerprint density at radius 1 is 0.949 bits per heavy atom. The monoisotopic (exact) mass is 538 g/mol. The van der Waals surface area contributed by atoms with Crippen molar-refractivity contribution >= 4 is 11.7 Å². The van der Waals surface area contributed by atoms with E-state index in [1.807, 2.05) is 45.0 Å². The number of nitrogens with one attached hydrogen (secondary N) is 1. The molecule has 0 saturated carbocycles. The van der Waals surface area contributed by atoms with Gasteiger partial charge in [0.2, 0.25) is 0 Å². The molecule has 1 aliphatic rings. The second-order valence-electron chi connectivity index (χ2n) is 10.8. The zero-order chi connectivity index (χ0) is 27.9. The van der Waals surface area contributed by atoms with Gasteiger partial charge in [-0.25, -0.2) is 9.31 Å². The third-order valence-corrected chi connectivity index (χ3v) is 6.84. The fourth-order valence-electron chi connectivity index (χ4n) is 4.89. The number of nitrogens with zero attached hydrogens (tertiary/aromatic N) is 3. The summed E-state index contributed by atoms with van der Waals surface area (Å²) in [6.07, 6.45) is -1.67. The quantitative estimate of drug-likeness (QED) is 0.323. The summed E-state index contributed by atoms with van der Waals surface area (Å²) in [4.78, 5) is 29.7. The third-order valence-electron chi connectivity index (χ3n) is 6.84. The lowest BCUT2D eigenvalue weighted by atomic mass is 9.93. The van der Waals surface area contributed by atoms with Crippen LogP contribution in [0.3, 0.4) is 0 Å². The van der Waals surface area contributed by atoms with Gasteiger partial charge in [0.25, 0.3) is 5.56 Å². The Labute approximate surface area is 223 Å². The highest BCUT2D eigenvalue weighted by Gasteiger charge is 2.30. The number of aromatic amines is 1. The number of hydrogen-bond donors (Lipinski definition) is 1. The second-order valence-corrected chi connectivity index (χ2v) is 10.8. The number of aromatic nitrogens is 3. The van der Waals surface area contributed by atoms with Gasteiger partial charge >= 0.3 is 12.3 Å². The molecule has 1 aliphatic heterocycles. The minimum atomic E-state index is -4.38. The number of amides is 1. The van der Waals surface area contributed by atoms with Crippen molar-refractivity contribution in [1.29, 1.82) is 0 Å². The van der Waals surface area contributed by atoms with Gasteiger partial charge in [0.15, 0.2) is 0 Å². The number of benzene rings is 2. The van der Waals surface area contributed by atoms with Gasteiger partial charge in [0.05, 0.1) is 17.5 Å². The number of ether oxygens (including phenoxy) is 1. The summed E-state index contributed by atoms with van der Waals surface area (Å²) in [7, 11) is 0. The van der Waals surface area contributed by atoms with Gasteiger partial charge in [-0.2, -0.15) is 18.3 Å². The van der Waals surface area contributed by atoms with Crippen LogP contribution in [-0.2, 0) is 10.9 Å². The Morgan fingerprint density at radius 2 is 1.51 bits per heavy atom. The molecular formula is C29H29F3N4O3. The van der Waals surface area contributed by atoms with E-state index in [1.54, 1.807) is 21.7 Å². The zero-order valence-electron chi connectivity index (χ0n) is 21.9. The van der Waals surface area contributed by atoms with Gasteiger partial charge in [-0.15, -0.1) is 0 Å². The van der Waals surface area contributed by atoms with Crippen LogP contribution in [0.1, 0.15) is 50.8 Å². The van der Waals surface area contributed by atoms with Crippen LogP contribution in [-0.4, -0.2) is 44.3 Å². The number of halogens is 3. The maximum Gasteiger partial charge on any atom is 0.416 e. The van der Waals surface area contributed by atoms with Gasteiger partial charge in [0, 0.05) is 30.6 Å². The smallest absolute Gasteiger partial charge is 0.416 e. The van der Waals surface area contributed by atoms with E-state index in [1.165, 1.54) is 12.1 Å². The molecule has 0 bridgehead atoms. The molecule has 7 nitrogen and oxygen atoms in total. The zero-order valence-corrected chi connectivity index (χ0v) is 21.9. The molecule has 0 spiro atoms. The van der Waals surface area contributed by atoms with Crippen LogP contribution in [0.2, 0.25) is 0 Å². The number of fused-ring (bicyclic) bond motifs is 1. The largest absolute Gasteiger partial charge is 0.444 e. The molecule has 10 heteroatoms. The summed E-state index contributed by atoms with van der Waals surface area (Å²) in [6.45, 7) is 6.55. The van der Waals surface area contributed by atoms with Crippen molar-refractivity contribution < 1.29 is 22.7 Å². The summed E-state index contributed by atoms with van der Waals surface area (Å²) in [5.41, 5.74) is 2.85. The lowest BCUT2D eigenvalue weighted by Gasteiger charge is -2.33. The molecule has 2 aromatic heterocycles. The standard InChI is InChI=1S/C29H29F3N4O3/c1-28(2,3)39-27(38)35-14-12-21(13-15-35)24-16-25(37)34-26-23(17-33-36(24)26)20-6-4-18(5-7-20)19-8-10-22(11-9-19)29(30,31)32/h4-11,16-17,21H,12-15H2,1-3H3,(H,34,37). The Hall–Kier alpha value is -4.08. The molecule has 1 N–H and O–H groups in total. The van der Waals surface area contributed by atoms with Crippen molar-refractivity contribution in [3.8, 4) is 22.3 Å². The SMILES string of the molecule is CC(C)(C)OC(=O)N1CCC(c2cc(=O)[nH]c3c(-c4ccc(-c5ccc(C(F)(F)F)cc5)cc4)cnn23)CC1. The van der Waals surface area contributed by atoms with Crippen molar-refractivity contribution in [2.24, 2.45) is 0 Å². The number of carbonyl (C=O) groups excluding carboxylic acids is 1. The first-order valence-electron chi connectivity index (χ1n) is 12.8. The van der Waals surface area contributed by atoms with Crippen molar-refractivity contribution in [2.75, 3.05) is 13.1 Å². The van der Waals surface area contributed by atoms with Crippen LogP contribution >= 0.6 is 0 Å². The number of piperidine rings is 1. The van der Waals surface area contributed by atoms with Crippen LogP contribution in [0, 0.1) is 0 Å². The van der Waals surface area contributed by atoms with Crippen LogP contribution in [0.15, 0.2) is 65.6 Å². The van der Waals surface area contributed by atoms with Crippen molar-refractivity contribution in [1.82, 2.24) is 19.5 Å². The van der Waals surface area contributed by atoms with Gasteiger partial charge in [-0.3, -0.25) is 4.79 Å². The summed E-state index contributed by atoms with van der Waals surface area (Å²) in [6, 6.07) is 14.0. The first-order chi connectivity index (χ1) is 18.4. The van der Waals surface area contributed by atoms with Gasteiger partial charge in [0.1, 0.15) is 11.2 Å². The number of carbonyl (C=O) groups is 1. The molecule has 3 heterocycles. The fraction of sp³-hybridized carbons (Fsp3) is 0.345. The van der Waals surface area contributed by atoms with E-state index in [9.17, 15) is 22.8 Å². The molecule has 0 atom stereocenters. The Kier molecular flexibility index (Phi) is 6.74. The van der Waals surface area contributed by atoms with Gasteiger partial charge in [-0.1, -0.05) is 36.4 Å². The number of alkyl halides is 3. The predicted octanol–water partition coefficient (Wildman–Crippen LogP) is 6.49. The predicted molar refractivity (Wildman–Crippen MR) is 141 cm³/mol. The van der Waals surface area contributed by atoms with E-state index in [4.69, 9.17) is 4.74 Å². The highest BCUT2D eigenvalue weighted by atomic mass is 19.4. The minimum Gasteiger partial charge on any atom is -0.444 e. The first kappa shape index (κ1) is 26.5. The molecule has 1 amide bonds. The number of H-pyrrole nitrogens is 1. The van der Waals surface area contributed by atoms with Crippen LogP contribution in [0.5, 0.6) is 0 Å². The van der Waals surface area contributed by atoms with Crippen LogP contribution in [0.25, 0.3) is 27.9 Å². The molecular weight excluding hydrogens is 509 g/mol. The van der Waals surface area contributed by atoms with E-state index in [2.05, 4.69) is 10.1 Å². The lowest BCUT2D eigenvalue weighted by Crippen LogP contribution is -2.41. The maximum atomic E-state index is 12.9. The van der Waals surface area contributed by atoms with Crippen molar-refractivity contribution in [3.63, 3.8) is 0 Å². The molecule has 204 valence electrons. The van der Waals surface area contributed by atoms with Crippen molar-refractivity contribution in [2.45, 2.75) is 51.3 Å². The molecule has 39 heavy (non-hydrogen) atoms. The molecule has 1 saturated heterocycles. The average molecular weight is 539 g/mol. The minimum absolute atomic E-state index is 0.0447. The Balaban J connectivity index is 1.37. The van der Waals surface area contributed by atoms with E-state index < -0.39 is 17.3 Å². The molecule has 0 radical (unpaired) electrons. The van der Waals surface area contributed by atoms with E-state index >= 15 is 0 Å². The van der Waals surface area contributed by atoms with Crippen LogP contribution in [0.4, 0.5) is 18.0 Å². The number of rotatable bonds is 3. The molecule has 1 fully saturated rings. The van der Waals surface area contributed by atoms with E-state index in [0.717, 1.165) is 34.5 Å². The summed E-state index contributed by atoms with van der Waals surface area (Å²) < 4.78 is 45.9. The summed E-state index contributed by atoms with van der Waals surface area (Å²) in [5, 5.41) is 4.56. The third kappa shape index (κ3) is 5.69. The molecule has 0 unspecified atom stereocenters.